The Hall–Kier alpha value is -2.01. The Morgan fingerprint density at radius 3 is 1.86 bits per heavy atom. The Balaban J connectivity index is 2.63. The normalized spacial score (nSPS) is 12.3. The van der Waals surface area contributed by atoms with Gasteiger partial charge in [0.2, 0.25) is 0 Å². The fraction of sp³-hybridized carbons (Fsp3) is 0.478. The van der Waals surface area contributed by atoms with Crippen LogP contribution in [0, 0.1) is 0 Å². The number of aromatic nitrogens is 1. The van der Waals surface area contributed by atoms with Crippen molar-refractivity contribution in [2.45, 2.75) is 77.8 Å². The van der Waals surface area contributed by atoms with Crippen LogP contribution in [0.5, 0.6) is 5.75 Å². The molecule has 1 aromatic carbocycles. The second-order valence-electron chi connectivity index (χ2n) is 9.20. The smallest absolute Gasteiger partial charge is 0.194 e. The molecule has 1 aromatic heterocycles. The van der Waals surface area contributed by atoms with Crippen molar-refractivity contribution in [3.8, 4) is 5.75 Å². The number of ketones is 1. The highest BCUT2D eigenvalue weighted by molar-refractivity contribution is 8.13. The van der Waals surface area contributed by atoms with E-state index in [4.69, 9.17) is 0 Å². The van der Waals surface area contributed by atoms with Crippen LogP contribution >= 0.6 is 11.8 Å². The molecule has 0 radical (unpaired) electrons. The summed E-state index contributed by atoms with van der Waals surface area (Å²) in [5.74, 6) is 0.157. The van der Waals surface area contributed by atoms with Gasteiger partial charge >= 0.3 is 0 Å². The van der Waals surface area contributed by atoms with E-state index < -0.39 is 0 Å². The number of hydrogen-bond donors (Lipinski definition) is 1. The lowest BCUT2D eigenvalue weighted by molar-refractivity contribution is -0.109. The maximum atomic E-state index is 13.3. The van der Waals surface area contributed by atoms with Crippen molar-refractivity contribution >= 4 is 22.7 Å². The highest BCUT2D eigenvalue weighted by Crippen LogP contribution is 2.40. The van der Waals surface area contributed by atoms with Crippen molar-refractivity contribution in [2.24, 2.45) is 0 Å². The Labute approximate surface area is 172 Å². The first-order valence-corrected chi connectivity index (χ1v) is 10.4. The summed E-state index contributed by atoms with van der Waals surface area (Å²) in [7, 11) is 0. The quantitative estimate of drug-likeness (QED) is 0.529. The Morgan fingerprint density at radius 1 is 0.964 bits per heavy atom. The van der Waals surface area contributed by atoms with E-state index in [2.05, 4.69) is 0 Å². The van der Waals surface area contributed by atoms with Crippen molar-refractivity contribution in [3.63, 3.8) is 0 Å². The van der Waals surface area contributed by atoms with E-state index in [9.17, 15) is 14.7 Å². The highest BCUT2D eigenvalue weighted by atomic mass is 32.2. The highest BCUT2D eigenvalue weighted by Gasteiger charge is 2.28. The number of thioether (sulfide) groups is 1. The average molecular weight is 402 g/mol. The van der Waals surface area contributed by atoms with Crippen LogP contribution in [0.3, 0.4) is 0 Å². The number of hydrogen-bond acceptors (Lipinski definition) is 4. The zero-order valence-electron chi connectivity index (χ0n) is 18.1. The Morgan fingerprint density at radius 2 is 1.46 bits per heavy atom. The summed E-state index contributed by atoms with van der Waals surface area (Å²) in [6.45, 7) is 16.3. The molecule has 0 aliphatic rings. The van der Waals surface area contributed by atoms with Crippen molar-refractivity contribution in [3.05, 3.63) is 46.6 Å². The second kappa shape index (κ2) is 7.78. The third-order valence-electron chi connectivity index (χ3n) is 4.70. The van der Waals surface area contributed by atoms with E-state index in [1.807, 2.05) is 53.0 Å². The number of aromatic hydroxyl groups is 1. The number of nitrogens with zero attached hydrogens (tertiary/aromatic N) is 1. The molecule has 0 saturated carbocycles. The van der Waals surface area contributed by atoms with E-state index in [1.165, 1.54) is 6.92 Å². The lowest BCUT2D eigenvalue weighted by atomic mass is 9.78. The van der Waals surface area contributed by atoms with E-state index in [0.717, 1.165) is 27.9 Å². The van der Waals surface area contributed by atoms with Crippen molar-refractivity contribution in [2.75, 3.05) is 0 Å². The van der Waals surface area contributed by atoms with Crippen LogP contribution in [0.15, 0.2) is 29.4 Å². The van der Waals surface area contributed by atoms with Gasteiger partial charge in [-0.1, -0.05) is 41.5 Å². The van der Waals surface area contributed by atoms with Gasteiger partial charge in [-0.25, -0.2) is 0 Å². The summed E-state index contributed by atoms with van der Waals surface area (Å²) in [5.41, 5.74) is 2.03. The fourth-order valence-corrected chi connectivity index (χ4v) is 3.95. The standard InChI is InChI=1S/C23H31NO3S/c1-9-24-13-16(12-19(24)28-14(2)25)20(26)15-10-17(22(3,4)5)21(27)18(11-15)23(6,7)8/h10-13,27H,9H2,1-8H3. The molecule has 0 spiro atoms. The molecular weight excluding hydrogens is 370 g/mol. The van der Waals surface area contributed by atoms with Gasteiger partial charge in [-0.3, -0.25) is 9.59 Å². The number of rotatable bonds is 4. The number of carbonyl (C=O) groups excluding carboxylic acids is 2. The van der Waals surface area contributed by atoms with Crippen LogP contribution in [0.1, 0.15) is 82.4 Å². The molecule has 2 aromatic rings. The van der Waals surface area contributed by atoms with Gasteiger partial charge in [-0.15, -0.1) is 0 Å². The summed E-state index contributed by atoms with van der Waals surface area (Å²) in [6, 6.07) is 5.38. The SMILES string of the molecule is CCn1cc(C(=O)c2cc(C(C)(C)C)c(O)c(C(C)(C)C)c2)cc1SC(C)=O. The van der Waals surface area contributed by atoms with E-state index in [0.29, 0.717) is 17.7 Å². The first-order valence-electron chi connectivity index (χ1n) is 9.57. The van der Waals surface area contributed by atoms with Gasteiger partial charge in [0.25, 0.3) is 0 Å². The topological polar surface area (TPSA) is 59.3 Å². The largest absolute Gasteiger partial charge is 0.507 e. The first-order chi connectivity index (χ1) is 12.8. The van der Waals surface area contributed by atoms with Gasteiger partial charge < -0.3 is 9.67 Å². The van der Waals surface area contributed by atoms with Gasteiger partial charge in [0.1, 0.15) is 5.75 Å². The number of phenols is 1. The van der Waals surface area contributed by atoms with Crippen LogP contribution in [-0.2, 0) is 22.2 Å². The van der Waals surface area contributed by atoms with Crippen LogP contribution in [0.25, 0.3) is 0 Å². The third kappa shape index (κ3) is 4.69. The molecule has 0 unspecified atom stereocenters. The molecule has 0 amide bonds. The molecule has 152 valence electrons. The molecule has 1 heterocycles. The van der Waals surface area contributed by atoms with Crippen molar-refractivity contribution < 1.29 is 14.7 Å². The van der Waals surface area contributed by atoms with Gasteiger partial charge in [0, 0.05) is 41.9 Å². The van der Waals surface area contributed by atoms with Crippen molar-refractivity contribution in [1.29, 1.82) is 0 Å². The van der Waals surface area contributed by atoms with Crippen LogP contribution in [-0.4, -0.2) is 20.6 Å². The minimum absolute atomic E-state index is 0.0125. The Bertz CT molecular complexity index is 876. The van der Waals surface area contributed by atoms with E-state index in [1.54, 1.807) is 24.4 Å². The van der Waals surface area contributed by atoms with Crippen LogP contribution in [0.4, 0.5) is 0 Å². The summed E-state index contributed by atoms with van der Waals surface area (Å²) in [6.07, 6.45) is 1.80. The van der Waals surface area contributed by atoms with Gasteiger partial charge in [-0.05, 0) is 47.7 Å². The van der Waals surface area contributed by atoms with Crippen molar-refractivity contribution in [1.82, 2.24) is 4.57 Å². The van der Waals surface area contributed by atoms with Crippen LogP contribution < -0.4 is 0 Å². The third-order valence-corrected chi connectivity index (χ3v) is 5.55. The molecule has 1 N–H and O–H groups in total. The summed E-state index contributed by atoms with van der Waals surface area (Å²) in [5, 5.41) is 11.6. The summed E-state index contributed by atoms with van der Waals surface area (Å²) < 4.78 is 1.91. The Kier molecular flexibility index (Phi) is 6.19. The molecule has 2 rings (SSSR count). The van der Waals surface area contributed by atoms with Crippen LogP contribution in [0.2, 0.25) is 0 Å². The molecule has 28 heavy (non-hydrogen) atoms. The number of phenolic OH excluding ortho intramolecular Hbond substituents is 1. The number of benzene rings is 1. The number of aryl methyl sites for hydroxylation is 1. The molecule has 4 nitrogen and oxygen atoms in total. The average Bonchev–Trinajstić information content (AvgIpc) is 2.94. The van der Waals surface area contributed by atoms with E-state index in [-0.39, 0.29) is 27.5 Å². The zero-order valence-corrected chi connectivity index (χ0v) is 19.0. The summed E-state index contributed by atoms with van der Waals surface area (Å²) in [4.78, 5) is 24.8. The van der Waals surface area contributed by atoms with E-state index >= 15 is 0 Å². The fourth-order valence-electron chi connectivity index (χ4n) is 3.17. The van der Waals surface area contributed by atoms with Gasteiger partial charge in [0.15, 0.2) is 10.9 Å². The van der Waals surface area contributed by atoms with Gasteiger partial charge in [-0.2, -0.15) is 0 Å². The molecule has 0 aliphatic carbocycles. The lowest BCUT2D eigenvalue weighted by Gasteiger charge is -2.28. The second-order valence-corrected chi connectivity index (χ2v) is 10.4. The zero-order chi connectivity index (χ0) is 21.4. The first kappa shape index (κ1) is 22.3. The molecule has 0 atom stereocenters. The molecular formula is C23H31NO3S. The monoisotopic (exact) mass is 401 g/mol. The maximum Gasteiger partial charge on any atom is 0.194 e. The predicted molar refractivity (Wildman–Crippen MR) is 116 cm³/mol. The van der Waals surface area contributed by atoms with Gasteiger partial charge in [0.05, 0.1) is 5.03 Å². The number of carbonyl (C=O) groups is 2. The molecule has 0 bridgehead atoms. The molecule has 5 heteroatoms. The summed E-state index contributed by atoms with van der Waals surface area (Å²) >= 11 is 1.13. The predicted octanol–water partition coefficient (Wildman–Crippen LogP) is 5.68. The lowest BCUT2D eigenvalue weighted by Crippen LogP contribution is -2.19. The minimum atomic E-state index is -0.300. The molecule has 0 saturated heterocycles. The minimum Gasteiger partial charge on any atom is -0.507 e. The molecule has 0 aliphatic heterocycles. The molecule has 0 fully saturated rings. The maximum absolute atomic E-state index is 13.3.